The van der Waals surface area contributed by atoms with Crippen molar-refractivity contribution < 1.29 is 0 Å². The van der Waals surface area contributed by atoms with Gasteiger partial charge in [-0.1, -0.05) is 48.6 Å². The van der Waals surface area contributed by atoms with Crippen LogP contribution in [0, 0.1) is 17.7 Å². The van der Waals surface area contributed by atoms with Gasteiger partial charge in [-0.3, -0.25) is 0 Å². The van der Waals surface area contributed by atoms with Crippen LogP contribution in [0.25, 0.3) is 16.7 Å². The van der Waals surface area contributed by atoms with Crippen LogP contribution in [-0.4, -0.2) is 11.9 Å². The minimum atomic E-state index is 0.464. The molecule has 2 rings (SSSR count). The van der Waals surface area contributed by atoms with Crippen molar-refractivity contribution in [2.45, 2.75) is 13.8 Å². The predicted octanol–water partition coefficient (Wildman–Crippen LogP) is 5.82. The Balaban J connectivity index is 2.68. The summed E-state index contributed by atoms with van der Waals surface area (Å²) in [6, 6.07) is 14.4. The van der Waals surface area contributed by atoms with E-state index in [4.69, 9.17) is 10.8 Å². The van der Waals surface area contributed by atoms with Crippen LogP contribution in [0.4, 0.5) is 0 Å². The molecule has 2 aromatic rings. The Morgan fingerprint density at radius 2 is 1.79 bits per heavy atom. The Bertz CT molecular complexity index is 839. The third-order valence-corrected chi connectivity index (χ3v) is 3.74. The Hall–Kier alpha value is -3.00. The highest BCUT2D eigenvalue weighted by molar-refractivity contribution is 6.08. The Labute approximate surface area is 143 Å². The first kappa shape index (κ1) is 17.4. The number of hydrogen-bond donors (Lipinski definition) is 2. The fraction of sp³-hybridized carbons (Fsp3) is 0.0909. The van der Waals surface area contributed by atoms with Gasteiger partial charge >= 0.3 is 0 Å². The second-order valence-corrected chi connectivity index (χ2v) is 5.57. The number of allylic oxidation sites excluding steroid dienone is 5. The standard InChI is InChI=1S/C22H22N2/c1-4-7-22(24)21-14-19(17(5-2)10-11-23)13-20(15-21)18-9-6-8-16(3)12-18/h4-15,23-24H,2H2,1,3H3/b7-4-,17-10+,23-11?,24-22?. The molecule has 0 aliphatic carbocycles. The van der Waals surface area contributed by atoms with Crippen molar-refractivity contribution in [1.29, 1.82) is 10.8 Å². The summed E-state index contributed by atoms with van der Waals surface area (Å²) >= 11 is 0. The first-order valence-corrected chi connectivity index (χ1v) is 7.86. The minimum Gasteiger partial charge on any atom is -0.309 e. The smallest absolute Gasteiger partial charge is 0.0609 e. The lowest BCUT2D eigenvalue weighted by Gasteiger charge is -2.11. The van der Waals surface area contributed by atoms with Gasteiger partial charge in [-0.05, 0) is 66.5 Å². The number of hydrogen-bond acceptors (Lipinski definition) is 2. The fourth-order valence-electron chi connectivity index (χ4n) is 2.58. The topological polar surface area (TPSA) is 47.7 Å². The van der Waals surface area contributed by atoms with Gasteiger partial charge in [-0.2, -0.15) is 0 Å². The quantitative estimate of drug-likeness (QED) is 0.498. The van der Waals surface area contributed by atoms with E-state index >= 15 is 0 Å². The lowest BCUT2D eigenvalue weighted by atomic mass is 9.93. The van der Waals surface area contributed by atoms with Crippen LogP contribution in [0.15, 0.2) is 73.3 Å². The van der Waals surface area contributed by atoms with Crippen LogP contribution in [0.5, 0.6) is 0 Å². The largest absolute Gasteiger partial charge is 0.309 e. The Morgan fingerprint density at radius 3 is 2.42 bits per heavy atom. The average molecular weight is 314 g/mol. The third kappa shape index (κ3) is 4.05. The van der Waals surface area contributed by atoms with Crippen LogP contribution in [-0.2, 0) is 0 Å². The van der Waals surface area contributed by atoms with Crippen molar-refractivity contribution >= 4 is 17.5 Å². The van der Waals surface area contributed by atoms with Gasteiger partial charge in [0.15, 0.2) is 0 Å². The van der Waals surface area contributed by atoms with E-state index in [1.165, 1.54) is 11.8 Å². The van der Waals surface area contributed by atoms with Gasteiger partial charge in [0.25, 0.3) is 0 Å². The van der Waals surface area contributed by atoms with Crippen molar-refractivity contribution in [3.63, 3.8) is 0 Å². The molecule has 0 atom stereocenters. The maximum absolute atomic E-state index is 8.25. The molecular formula is C22H22N2. The maximum Gasteiger partial charge on any atom is 0.0609 e. The van der Waals surface area contributed by atoms with Crippen LogP contribution in [0.1, 0.15) is 23.6 Å². The molecule has 0 aromatic heterocycles. The van der Waals surface area contributed by atoms with Gasteiger partial charge in [-0.25, -0.2) is 0 Å². The molecule has 0 heterocycles. The van der Waals surface area contributed by atoms with Gasteiger partial charge in [0.05, 0.1) is 5.71 Å². The van der Waals surface area contributed by atoms with Crippen molar-refractivity contribution in [2.75, 3.05) is 0 Å². The third-order valence-electron chi connectivity index (χ3n) is 3.74. The van der Waals surface area contributed by atoms with Gasteiger partial charge in [0.1, 0.15) is 0 Å². The van der Waals surface area contributed by atoms with E-state index in [0.29, 0.717) is 5.71 Å². The first-order valence-electron chi connectivity index (χ1n) is 7.86. The lowest BCUT2D eigenvalue weighted by Crippen LogP contribution is -1.97. The zero-order valence-corrected chi connectivity index (χ0v) is 14.1. The molecule has 0 spiro atoms. The van der Waals surface area contributed by atoms with E-state index in [1.807, 2.05) is 31.2 Å². The zero-order chi connectivity index (χ0) is 17.5. The molecule has 120 valence electrons. The molecule has 0 fully saturated rings. The number of nitrogens with one attached hydrogen (secondary N) is 2. The normalized spacial score (nSPS) is 11.5. The summed E-state index contributed by atoms with van der Waals surface area (Å²) in [5, 5.41) is 15.6. The molecule has 0 unspecified atom stereocenters. The van der Waals surface area contributed by atoms with Crippen molar-refractivity contribution in [3.8, 4) is 11.1 Å². The van der Waals surface area contributed by atoms with Gasteiger partial charge in [-0.15, -0.1) is 0 Å². The second kappa shape index (κ2) is 8.02. The van der Waals surface area contributed by atoms with E-state index in [1.54, 1.807) is 18.2 Å². The fourth-order valence-corrected chi connectivity index (χ4v) is 2.58. The van der Waals surface area contributed by atoms with Gasteiger partial charge in [0, 0.05) is 11.8 Å². The summed E-state index contributed by atoms with van der Waals surface area (Å²) < 4.78 is 0. The molecule has 2 aromatic carbocycles. The molecule has 0 bridgehead atoms. The molecule has 24 heavy (non-hydrogen) atoms. The van der Waals surface area contributed by atoms with Crippen LogP contribution >= 0.6 is 0 Å². The van der Waals surface area contributed by atoms with Crippen molar-refractivity contribution in [1.82, 2.24) is 0 Å². The molecule has 0 radical (unpaired) electrons. The second-order valence-electron chi connectivity index (χ2n) is 5.57. The molecule has 0 saturated heterocycles. The van der Waals surface area contributed by atoms with E-state index in [-0.39, 0.29) is 0 Å². The van der Waals surface area contributed by atoms with Crippen LogP contribution in [0.2, 0.25) is 0 Å². The summed E-state index contributed by atoms with van der Waals surface area (Å²) in [6.07, 6.45) is 8.36. The van der Waals surface area contributed by atoms with E-state index in [2.05, 4.69) is 37.8 Å². The predicted molar refractivity (Wildman–Crippen MR) is 105 cm³/mol. The number of rotatable bonds is 6. The maximum atomic E-state index is 8.25. The van der Waals surface area contributed by atoms with Crippen LogP contribution < -0.4 is 0 Å². The first-order chi connectivity index (χ1) is 11.6. The molecule has 2 N–H and O–H groups in total. The van der Waals surface area contributed by atoms with Crippen LogP contribution in [0.3, 0.4) is 0 Å². The zero-order valence-electron chi connectivity index (χ0n) is 14.1. The summed E-state index contributed by atoms with van der Waals surface area (Å²) in [5.41, 5.74) is 6.50. The number of benzene rings is 2. The van der Waals surface area contributed by atoms with E-state index < -0.39 is 0 Å². The molecule has 2 nitrogen and oxygen atoms in total. The average Bonchev–Trinajstić information content (AvgIpc) is 2.59. The molecular weight excluding hydrogens is 292 g/mol. The molecule has 0 aliphatic rings. The highest BCUT2D eigenvalue weighted by Gasteiger charge is 2.08. The van der Waals surface area contributed by atoms with Crippen molar-refractivity contribution in [3.05, 3.63) is 90.0 Å². The van der Waals surface area contributed by atoms with Gasteiger partial charge < -0.3 is 10.8 Å². The summed E-state index contributed by atoms with van der Waals surface area (Å²) in [4.78, 5) is 0. The number of aryl methyl sites for hydroxylation is 1. The summed E-state index contributed by atoms with van der Waals surface area (Å²) in [7, 11) is 0. The summed E-state index contributed by atoms with van der Waals surface area (Å²) in [5.74, 6) is 0. The lowest BCUT2D eigenvalue weighted by molar-refractivity contribution is 1.45. The minimum absolute atomic E-state index is 0.464. The molecule has 2 heteroatoms. The SMILES string of the molecule is C=C/C(=C\C=N)c1cc(C(=N)/C=C\C)cc(-c2cccc(C)c2)c1. The van der Waals surface area contributed by atoms with Crippen molar-refractivity contribution in [2.24, 2.45) is 0 Å². The van der Waals surface area contributed by atoms with E-state index in [9.17, 15) is 0 Å². The molecule has 0 amide bonds. The highest BCUT2D eigenvalue weighted by Crippen LogP contribution is 2.27. The monoisotopic (exact) mass is 314 g/mol. The Kier molecular flexibility index (Phi) is 5.80. The Morgan fingerprint density at radius 1 is 1.04 bits per heavy atom. The highest BCUT2D eigenvalue weighted by atomic mass is 14.4. The molecule has 0 saturated carbocycles. The van der Waals surface area contributed by atoms with E-state index in [0.717, 1.165) is 27.8 Å². The van der Waals surface area contributed by atoms with Gasteiger partial charge in [0.2, 0.25) is 0 Å². The molecule has 0 aliphatic heterocycles. The summed E-state index contributed by atoms with van der Waals surface area (Å²) in [6.45, 7) is 7.82.